The average molecular weight is 442 g/mol. The minimum atomic E-state index is -4.45. The number of halogens is 3. The first-order valence-corrected chi connectivity index (χ1v) is 10.5. The minimum Gasteiger partial charge on any atom is -0.464 e. The highest BCUT2D eigenvalue weighted by Gasteiger charge is 2.33. The molecule has 9 heteroatoms. The molecule has 1 atom stereocenters. The summed E-state index contributed by atoms with van der Waals surface area (Å²) in [5.74, 6) is 0.227. The first-order valence-electron chi connectivity index (χ1n) is 10.5. The maximum absolute atomic E-state index is 13.2. The van der Waals surface area contributed by atoms with E-state index in [0.717, 1.165) is 47.2 Å². The lowest BCUT2D eigenvalue weighted by molar-refractivity contribution is -0.137. The van der Waals surface area contributed by atoms with Crippen LogP contribution in [0.25, 0.3) is 16.6 Å². The third kappa shape index (κ3) is 3.72. The number of nitrogens with zero attached hydrogens (tertiary/aromatic N) is 4. The van der Waals surface area contributed by atoms with Gasteiger partial charge < -0.3 is 9.32 Å². The predicted molar refractivity (Wildman–Crippen MR) is 111 cm³/mol. The second kappa shape index (κ2) is 7.65. The van der Waals surface area contributed by atoms with Crippen molar-refractivity contribution in [2.24, 2.45) is 0 Å². The molecule has 0 N–H and O–H groups in total. The van der Waals surface area contributed by atoms with E-state index < -0.39 is 11.7 Å². The van der Waals surface area contributed by atoms with E-state index in [1.165, 1.54) is 10.5 Å². The standard InChI is InChI=1S/C23H21F3N4O2/c1-14-4-6-18-16(13-32-19(18)9-14)10-21(31)29-8-2-3-15(11-29)22-28-27-20-7-5-17(12-30(20)22)23(24,25)26/h4-7,9,12-13,15H,2-3,8,10-11H2,1H3. The Bertz CT molecular complexity index is 1310. The summed E-state index contributed by atoms with van der Waals surface area (Å²) in [5.41, 5.74) is 2.26. The van der Waals surface area contributed by atoms with Crippen LogP contribution in [0, 0.1) is 6.92 Å². The number of amides is 1. The molecule has 1 aliphatic rings. The number of rotatable bonds is 3. The van der Waals surface area contributed by atoms with E-state index in [4.69, 9.17) is 4.42 Å². The summed E-state index contributed by atoms with van der Waals surface area (Å²) in [6, 6.07) is 8.19. The lowest BCUT2D eigenvalue weighted by Gasteiger charge is -2.32. The molecular weight excluding hydrogens is 421 g/mol. The normalized spacial score (nSPS) is 17.4. The molecule has 6 nitrogen and oxygen atoms in total. The second-order valence-corrected chi connectivity index (χ2v) is 8.32. The summed E-state index contributed by atoms with van der Waals surface area (Å²) in [5, 5.41) is 9.09. The first-order chi connectivity index (χ1) is 15.3. The number of hydrogen-bond acceptors (Lipinski definition) is 4. The van der Waals surface area contributed by atoms with Gasteiger partial charge >= 0.3 is 6.18 Å². The Hall–Kier alpha value is -3.36. The number of aryl methyl sites for hydroxylation is 1. The molecule has 0 bridgehead atoms. The Morgan fingerprint density at radius 1 is 1.22 bits per heavy atom. The van der Waals surface area contributed by atoms with Crippen LogP contribution in [0.1, 0.15) is 41.3 Å². The van der Waals surface area contributed by atoms with Gasteiger partial charge in [0.2, 0.25) is 5.91 Å². The Labute approximate surface area is 181 Å². The topological polar surface area (TPSA) is 63.6 Å². The molecule has 0 aliphatic carbocycles. The van der Waals surface area contributed by atoms with Crippen molar-refractivity contribution in [3.8, 4) is 0 Å². The maximum atomic E-state index is 13.2. The summed E-state index contributed by atoms with van der Waals surface area (Å²) >= 11 is 0. The number of likely N-dealkylation sites (tertiary alicyclic amines) is 1. The quantitative estimate of drug-likeness (QED) is 0.459. The van der Waals surface area contributed by atoms with Crippen LogP contribution in [0.3, 0.4) is 0 Å². The molecule has 5 rings (SSSR count). The zero-order valence-corrected chi connectivity index (χ0v) is 17.4. The van der Waals surface area contributed by atoms with Crippen molar-refractivity contribution in [3.63, 3.8) is 0 Å². The van der Waals surface area contributed by atoms with E-state index in [0.29, 0.717) is 24.6 Å². The number of carbonyl (C=O) groups excluding carboxylic acids is 1. The van der Waals surface area contributed by atoms with Crippen molar-refractivity contribution in [2.45, 2.75) is 38.3 Å². The Balaban J connectivity index is 1.36. The highest BCUT2D eigenvalue weighted by molar-refractivity contribution is 5.88. The van der Waals surface area contributed by atoms with Crippen LogP contribution in [0.15, 0.2) is 47.2 Å². The summed E-state index contributed by atoms with van der Waals surface area (Å²) in [4.78, 5) is 14.8. The highest BCUT2D eigenvalue weighted by atomic mass is 19.4. The molecule has 1 saturated heterocycles. The number of aromatic nitrogens is 3. The zero-order chi connectivity index (χ0) is 22.5. The molecule has 0 saturated carbocycles. The van der Waals surface area contributed by atoms with Crippen LogP contribution < -0.4 is 0 Å². The summed E-state index contributed by atoms with van der Waals surface area (Å²) in [7, 11) is 0. The van der Waals surface area contributed by atoms with Gasteiger partial charge in [0.05, 0.1) is 18.2 Å². The van der Waals surface area contributed by atoms with E-state index in [2.05, 4.69) is 10.2 Å². The van der Waals surface area contributed by atoms with Gasteiger partial charge in [0, 0.05) is 36.2 Å². The number of furan rings is 1. The summed E-state index contributed by atoms with van der Waals surface area (Å²) in [6.07, 6.45) is -0.110. The Morgan fingerprint density at radius 2 is 2.06 bits per heavy atom. The Kier molecular flexibility index (Phi) is 4.91. The van der Waals surface area contributed by atoms with Gasteiger partial charge in [-0.1, -0.05) is 12.1 Å². The largest absolute Gasteiger partial charge is 0.464 e. The number of fused-ring (bicyclic) bond motifs is 2. The number of carbonyl (C=O) groups is 1. The van der Waals surface area contributed by atoms with E-state index in [1.807, 2.05) is 25.1 Å². The molecule has 0 radical (unpaired) electrons. The lowest BCUT2D eigenvalue weighted by Crippen LogP contribution is -2.40. The third-order valence-corrected chi connectivity index (χ3v) is 6.05. The molecule has 1 aromatic carbocycles. The number of alkyl halides is 3. The van der Waals surface area contributed by atoms with Crippen molar-refractivity contribution in [1.29, 1.82) is 0 Å². The van der Waals surface area contributed by atoms with E-state index in [9.17, 15) is 18.0 Å². The molecule has 1 unspecified atom stereocenters. The molecular formula is C23H21F3N4O2. The Morgan fingerprint density at radius 3 is 2.88 bits per heavy atom. The molecule has 0 spiro atoms. The summed E-state index contributed by atoms with van der Waals surface area (Å²) in [6.45, 7) is 2.98. The van der Waals surface area contributed by atoms with Gasteiger partial charge in [-0.2, -0.15) is 13.2 Å². The van der Waals surface area contributed by atoms with Gasteiger partial charge in [0.25, 0.3) is 0 Å². The van der Waals surface area contributed by atoms with Crippen LogP contribution in [-0.4, -0.2) is 38.5 Å². The molecule has 1 aliphatic heterocycles. The monoisotopic (exact) mass is 442 g/mol. The van der Waals surface area contributed by atoms with Crippen LogP contribution >= 0.6 is 0 Å². The van der Waals surface area contributed by atoms with E-state index in [-0.39, 0.29) is 18.2 Å². The fourth-order valence-corrected chi connectivity index (χ4v) is 4.37. The number of pyridine rings is 1. The van der Waals surface area contributed by atoms with Crippen molar-refractivity contribution >= 4 is 22.5 Å². The first kappa shape index (κ1) is 20.5. The van der Waals surface area contributed by atoms with Crippen LogP contribution in [-0.2, 0) is 17.4 Å². The average Bonchev–Trinajstić information content (AvgIpc) is 3.36. The van der Waals surface area contributed by atoms with Crippen molar-refractivity contribution in [2.75, 3.05) is 13.1 Å². The lowest BCUT2D eigenvalue weighted by atomic mass is 9.96. The van der Waals surface area contributed by atoms with Crippen molar-refractivity contribution < 1.29 is 22.4 Å². The molecule has 4 aromatic rings. The number of piperidine rings is 1. The molecule has 3 aromatic heterocycles. The zero-order valence-electron chi connectivity index (χ0n) is 17.4. The predicted octanol–water partition coefficient (Wildman–Crippen LogP) is 4.75. The highest BCUT2D eigenvalue weighted by Crippen LogP contribution is 2.32. The second-order valence-electron chi connectivity index (χ2n) is 8.32. The molecule has 1 amide bonds. The van der Waals surface area contributed by atoms with Crippen LogP contribution in [0.4, 0.5) is 13.2 Å². The number of hydrogen-bond donors (Lipinski definition) is 0. The fourth-order valence-electron chi connectivity index (χ4n) is 4.37. The third-order valence-electron chi connectivity index (χ3n) is 6.05. The molecule has 1 fully saturated rings. The smallest absolute Gasteiger partial charge is 0.417 e. The fraction of sp³-hybridized carbons (Fsp3) is 0.348. The molecule has 4 heterocycles. The molecule has 166 valence electrons. The van der Waals surface area contributed by atoms with Gasteiger partial charge in [-0.3, -0.25) is 9.20 Å². The maximum Gasteiger partial charge on any atom is 0.417 e. The van der Waals surface area contributed by atoms with Gasteiger partial charge in [-0.05, 0) is 43.5 Å². The van der Waals surface area contributed by atoms with Crippen molar-refractivity contribution in [1.82, 2.24) is 19.5 Å². The van der Waals surface area contributed by atoms with Gasteiger partial charge in [0.15, 0.2) is 5.65 Å². The van der Waals surface area contributed by atoms with Crippen molar-refractivity contribution in [3.05, 3.63) is 65.3 Å². The van der Waals surface area contributed by atoms with E-state index in [1.54, 1.807) is 11.2 Å². The van der Waals surface area contributed by atoms with Crippen LogP contribution in [0.2, 0.25) is 0 Å². The summed E-state index contributed by atoms with van der Waals surface area (Å²) < 4.78 is 46.5. The van der Waals surface area contributed by atoms with Gasteiger partial charge in [-0.25, -0.2) is 0 Å². The van der Waals surface area contributed by atoms with Gasteiger partial charge in [-0.15, -0.1) is 10.2 Å². The molecule has 32 heavy (non-hydrogen) atoms. The SMILES string of the molecule is Cc1ccc2c(CC(=O)N3CCCC(c4nnc5ccc(C(F)(F)F)cn45)C3)coc2c1. The van der Waals surface area contributed by atoms with Crippen LogP contribution in [0.5, 0.6) is 0 Å². The van der Waals surface area contributed by atoms with Gasteiger partial charge in [0.1, 0.15) is 11.4 Å². The minimum absolute atomic E-state index is 0.0391. The van der Waals surface area contributed by atoms with E-state index >= 15 is 0 Å². The number of benzene rings is 1.